The van der Waals surface area contributed by atoms with Gasteiger partial charge in [0.15, 0.2) is 5.69 Å². The van der Waals surface area contributed by atoms with Gasteiger partial charge in [-0.15, -0.1) is 5.10 Å². The van der Waals surface area contributed by atoms with Crippen LogP contribution in [0, 0.1) is 0 Å². The van der Waals surface area contributed by atoms with E-state index in [4.69, 9.17) is 9.26 Å². The smallest absolute Gasteiger partial charge is 0.258 e. The predicted molar refractivity (Wildman–Crippen MR) is 91.0 cm³/mol. The Labute approximate surface area is 143 Å². The lowest BCUT2D eigenvalue weighted by Crippen LogP contribution is -2.02. The van der Waals surface area contributed by atoms with Crippen molar-refractivity contribution in [3.05, 3.63) is 36.5 Å². The maximum Gasteiger partial charge on any atom is 0.258 e. The standard InChI is InChI=1S/C17H16N6O2/c1-10(2)23-13-7-6-11(9-12(13)20-22-23)17-19-16(21-25-17)15-14(24-3)5-4-8-18-15/h4-10H,1-3H3. The van der Waals surface area contributed by atoms with Gasteiger partial charge in [0, 0.05) is 17.8 Å². The third kappa shape index (κ3) is 2.61. The molecule has 0 radical (unpaired) electrons. The number of hydrogen-bond acceptors (Lipinski definition) is 7. The Morgan fingerprint density at radius 1 is 1.20 bits per heavy atom. The summed E-state index contributed by atoms with van der Waals surface area (Å²) >= 11 is 0. The van der Waals surface area contributed by atoms with Gasteiger partial charge in [0.05, 0.1) is 12.6 Å². The Morgan fingerprint density at radius 3 is 2.88 bits per heavy atom. The lowest BCUT2D eigenvalue weighted by atomic mass is 10.2. The number of ether oxygens (including phenoxy) is 1. The second-order valence-corrected chi connectivity index (χ2v) is 5.81. The molecule has 0 unspecified atom stereocenters. The molecule has 3 aromatic heterocycles. The van der Waals surface area contributed by atoms with E-state index < -0.39 is 0 Å². The van der Waals surface area contributed by atoms with Crippen molar-refractivity contribution in [3.8, 4) is 28.7 Å². The quantitative estimate of drug-likeness (QED) is 0.565. The van der Waals surface area contributed by atoms with Crippen LogP contribution in [0.2, 0.25) is 0 Å². The zero-order chi connectivity index (χ0) is 17.4. The minimum absolute atomic E-state index is 0.238. The molecule has 0 aliphatic carbocycles. The molecule has 4 aromatic rings. The molecule has 0 aliphatic heterocycles. The van der Waals surface area contributed by atoms with Crippen LogP contribution in [0.25, 0.3) is 34.0 Å². The minimum atomic E-state index is 0.238. The molecule has 0 N–H and O–H groups in total. The van der Waals surface area contributed by atoms with E-state index in [1.165, 1.54) is 0 Å². The van der Waals surface area contributed by atoms with E-state index >= 15 is 0 Å². The highest BCUT2D eigenvalue weighted by molar-refractivity contribution is 5.80. The van der Waals surface area contributed by atoms with E-state index in [-0.39, 0.29) is 6.04 Å². The first-order valence-corrected chi connectivity index (χ1v) is 7.86. The molecule has 0 fully saturated rings. The van der Waals surface area contributed by atoms with Crippen molar-refractivity contribution in [1.29, 1.82) is 0 Å². The Hall–Kier alpha value is -3.29. The average molecular weight is 336 g/mol. The number of aromatic nitrogens is 6. The van der Waals surface area contributed by atoms with Crippen molar-refractivity contribution in [1.82, 2.24) is 30.1 Å². The number of methoxy groups -OCH3 is 1. The Bertz CT molecular complexity index is 1040. The Kier molecular flexibility index (Phi) is 3.64. The molecule has 8 heteroatoms. The molecule has 0 amide bonds. The van der Waals surface area contributed by atoms with E-state index in [1.807, 2.05) is 22.9 Å². The molecule has 4 rings (SSSR count). The van der Waals surface area contributed by atoms with Crippen molar-refractivity contribution in [2.24, 2.45) is 0 Å². The van der Waals surface area contributed by atoms with E-state index in [0.29, 0.717) is 23.2 Å². The van der Waals surface area contributed by atoms with Gasteiger partial charge in [-0.05, 0) is 44.2 Å². The summed E-state index contributed by atoms with van der Waals surface area (Å²) in [6.45, 7) is 4.12. The van der Waals surface area contributed by atoms with Crippen molar-refractivity contribution < 1.29 is 9.26 Å². The molecule has 0 atom stereocenters. The molecule has 25 heavy (non-hydrogen) atoms. The molecular weight excluding hydrogens is 320 g/mol. The largest absolute Gasteiger partial charge is 0.494 e. The first-order valence-electron chi connectivity index (χ1n) is 7.86. The fourth-order valence-corrected chi connectivity index (χ4v) is 2.62. The van der Waals surface area contributed by atoms with Crippen LogP contribution in [0.5, 0.6) is 5.75 Å². The monoisotopic (exact) mass is 336 g/mol. The summed E-state index contributed by atoms with van der Waals surface area (Å²) in [4.78, 5) is 8.70. The van der Waals surface area contributed by atoms with E-state index in [1.54, 1.807) is 25.4 Å². The summed E-state index contributed by atoms with van der Waals surface area (Å²) in [6.07, 6.45) is 1.66. The van der Waals surface area contributed by atoms with Crippen molar-refractivity contribution in [2.45, 2.75) is 19.9 Å². The van der Waals surface area contributed by atoms with E-state index in [0.717, 1.165) is 16.6 Å². The zero-order valence-corrected chi connectivity index (χ0v) is 14.0. The molecule has 3 heterocycles. The van der Waals surface area contributed by atoms with Gasteiger partial charge < -0.3 is 9.26 Å². The molecule has 0 bridgehead atoms. The molecule has 0 aliphatic rings. The summed E-state index contributed by atoms with van der Waals surface area (Å²) in [5.41, 5.74) is 3.05. The molecular formula is C17H16N6O2. The summed E-state index contributed by atoms with van der Waals surface area (Å²) in [5, 5.41) is 12.4. The topological polar surface area (TPSA) is 91.8 Å². The van der Waals surface area contributed by atoms with Gasteiger partial charge in [0.2, 0.25) is 5.82 Å². The second kappa shape index (κ2) is 5.97. The Balaban J connectivity index is 1.74. The maximum atomic E-state index is 5.40. The highest BCUT2D eigenvalue weighted by atomic mass is 16.5. The normalized spacial score (nSPS) is 11.4. The van der Waals surface area contributed by atoms with Crippen LogP contribution in [-0.2, 0) is 0 Å². The molecule has 0 saturated heterocycles. The van der Waals surface area contributed by atoms with Crippen molar-refractivity contribution >= 4 is 11.0 Å². The van der Waals surface area contributed by atoms with Crippen LogP contribution in [-0.4, -0.2) is 37.2 Å². The first kappa shape index (κ1) is 15.3. The summed E-state index contributed by atoms with van der Waals surface area (Å²) < 4.78 is 12.6. The van der Waals surface area contributed by atoms with Crippen LogP contribution < -0.4 is 4.74 Å². The van der Waals surface area contributed by atoms with Crippen LogP contribution in [0.1, 0.15) is 19.9 Å². The second-order valence-electron chi connectivity index (χ2n) is 5.81. The van der Waals surface area contributed by atoms with Gasteiger partial charge in [-0.25, -0.2) is 9.67 Å². The lowest BCUT2D eigenvalue weighted by molar-refractivity contribution is 0.411. The number of benzene rings is 1. The molecule has 0 spiro atoms. The molecule has 1 aromatic carbocycles. The van der Waals surface area contributed by atoms with Gasteiger partial charge in [0.1, 0.15) is 11.3 Å². The van der Waals surface area contributed by atoms with Gasteiger partial charge in [-0.1, -0.05) is 10.4 Å². The highest BCUT2D eigenvalue weighted by Crippen LogP contribution is 2.28. The van der Waals surface area contributed by atoms with E-state index in [2.05, 4.69) is 39.3 Å². The van der Waals surface area contributed by atoms with Crippen molar-refractivity contribution in [3.63, 3.8) is 0 Å². The maximum absolute atomic E-state index is 5.40. The van der Waals surface area contributed by atoms with Crippen LogP contribution in [0.3, 0.4) is 0 Å². The third-order valence-corrected chi connectivity index (χ3v) is 3.84. The minimum Gasteiger partial charge on any atom is -0.494 e. The number of hydrogen-bond donors (Lipinski definition) is 0. The van der Waals surface area contributed by atoms with Gasteiger partial charge in [-0.3, -0.25) is 0 Å². The van der Waals surface area contributed by atoms with Crippen LogP contribution in [0.15, 0.2) is 41.1 Å². The molecule has 0 saturated carbocycles. The number of nitrogens with zero attached hydrogens (tertiary/aromatic N) is 6. The first-order chi connectivity index (χ1) is 12.2. The third-order valence-electron chi connectivity index (χ3n) is 3.84. The number of fused-ring (bicyclic) bond motifs is 1. The SMILES string of the molecule is COc1cccnc1-c1noc(-c2ccc3c(c2)nnn3C(C)C)n1. The van der Waals surface area contributed by atoms with E-state index in [9.17, 15) is 0 Å². The molecule has 126 valence electrons. The Morgan fingerprint density at radius 2 is 2.08 bits per heavy atom. The predicted octanol–water partition coefficient (Wildman–Crippen LogP) is 3.13. The highest BCUT2D eigenvalue weighted by Gasteiger charge is 2.17. The van der Waals surface area contributed by atoms with Gasteiger partial charge in [0.25, 0.3) is 5.89 Å². The number of rotatable bonds is 4. The fourth-order valence-electron chi connectivity index (χ4n) is 2.62. The lowest BCUT2D eigenvalue weighted by Gasteiger charge is -2.04. The number of pyridine rings is 1. The van der Waals surface area contributed by atoms with Crippen LogP contribution in [0.4, 0.5) is 0 Å². The zero-order valence-electron chi connectivity index (χ0n) is 14.0. The summed E-state index contributed by atoms with van der Waals surface area (Å²) in [7, 11) is 1.58. The average Bonchev–Trinajstić information content (AvgIpc) is 3.28. The van der Waals surface area contributed by atoms with Gasteiger partial charge >= 0.3 is 0 Å². The summed E-state index contributed by atoms with van der Waals surface area (Å²) in [5.74, 6) is 1.35. The van der Waals surface area contributed by atoms with Crippen LogP contribution >= 0.6 is 0 Å². The van der Waals surface area contributed by atoms with Gasteiger partial charge in [-0.2, -0.15) is 4.98 Å². The van der Waals surface area contributed by atoms with Crippen molar-refractivity contribution in [2.75, 3.05) is 7.11 Å². The fraction of sp³-hybridized carbons (Fsp3) is 0.235. The summed E-state index contributed by atoms with van der Waals surface area (Å²) in [6, 6.07) is 9.58. The molecule has 8 nitrogen and oxygen atoms in total.